The normalized spacial score (nSPS) is 13.1. The van der Waals surface area contributed by atoms with E-state index < -0.39 is 0 Å². The Labute approximate surface area is 170 Å². The van der Waals surface area contributed by atoms with Crippen LogP contribution in [0.25, 0.3) is 21.5 Å². The lowest BCUT2D eigenvalue weighted by Crippen LogP contribution is -2.13. The summed E-state index contributed by atoms with van der Waals surface area (Å²) in [6.45, 7) is 2.16. The average molecular weight is 372 g/mol. The quantitative estimate of drug-likeness (QED) is 0.289. The van der Waals surface area contributed by atoms with Crippen molar-refractivity contribution in [3.63, 3.8) is 0 Å². The van der Waals surface area contributed by atoms with Crippen LogP contribution < -0.4 is 4.74 Å². The number of fused-ring (bicyclic) bond motifs is 6. The van der Waals surface area contributed by atoms with Gasteiger partial charge in [0.1, 0.15) is 11.5 Å². The van der Waals surface area contributed by atoms with Crippen LogP contribution in [-0.2, 0) is 0 Å². The fourth-order valence-electron chi connectivity index (χ4n) is 4.77. The van der Waals surface area contributed by atoms with Crippen LogP contribution in [0.1, 0.15) is 28.2 Å². The highest BCUT2D eigenvalue weighted by Gasteiger charge is 2.31. The molecule has 1 aliphatic heterocycles. The first-order valence-electron chi connectivity index (χ1n) is 10.1. The van der Waals surface area contributed by atoms with Crippen LogP contribution >= 0.6 is 0 Å². The number of aryl methyl sites for hydroxylation is 1. The Morgan fingerprint density at radius 1 is 0.586 bits per heavy atom. The standard InChI is InChI=1S/C28H20O/c1-18-7-6-10-21(17-18)26-27-22-11-4-2-8-19(22)13-15-24(27)29-25-16-14-20-9-3-5-12-23(20)28(25)26/h2-17,26H,1H3. The van der Waals surface area contributed by atoms with Crippen LogP contribution in [0.3, 0.4) is 0 Å². The van der Waals surface area contributed by atoms with Crippen LogP contribution in [-0.4, -0.2) is 0 Å². The molecule has 0 N–H and O–H groups in total. The Morgan fingerprint density at radius 3 is 1.76 bits per heavy atom. The van der Waals surface area contributed by atoms with Gasteiger partial charge in [-0.2, -0.15) is 0 Å². The van der Waals surface area contributed by atoms with Crippen molar-refractivity contribution in [2.45, 2.75) is 12.8 Å². The molecule has 0 bridgehead atoms. The molecule has 0 saturated carbocycles. The molecule has 0 fully saturated rings. The van der Waals surface area contributed by atoms with E-state index >= 15 is 0 Å². The number of hydrogen-bond donors (Lipinski definition) is 0. The van der Waals surface area contributed by atoms with Gasteiger partial charge in [-0.05, 0) is 46.2 Å². The fraction of sp³-hybridized carbons (Fsp3) is 0.0714. The predicted molar refractivity (Wildman–Crippen MR) is 120 cm³/mol. The van der Waals surface area contributed by atoms with Gasteiger partial charge in [-0.15, -0.1) is 0 Å². The van der Waals surface area contributed by atoms with E-state index in [9.17, 15) is 0 Å². The minimum atomic E-state index is 0.130. The molecular formula is C28H20O. The first kappa shape index (κ1) is 16.4. The highest BCUT2D eigenvalue weighted by molar-refractivity contribution is 5.95. The van der Waals surface area contributed by atoms with Crippen LogP contribution in [0.5, 0.6) is 11.5 Å². The zero-order chi connectivity index (χ0) is 19.4. The van der Waals surface area contributed by atoms with E-state index in [0.29, 0.717) is 0 Å². The third-order valence-electron chi connectivity index (χ3n) is 6.03. The van der Waals surface area contributed by atoms with Crippen molar-refractivity contribution >= 4 is 21.5 Å². The second-order valence-corrected chi connectivity index (χ2v) is 7.85. The molecule has 29 heavy (non-hydrogen) atoms. The van der Waals surface area contributed by atoms with Crippen molar-refractivity contribution in [3.05, 3.63) is 119 Å². The summed E-state index contributed by atoms with van der Waals surface area (Å²) in [6.07, 6.45) is 0. The van der Waals surface area contributed by atoms with Gasteiger partial charge in [-0.3, -0.25) is 0 Å². The van der Waals surface area contributed by atoms with Gasteiger partial charge in [0.05, 0.1) is 0 Å². The molecule has 0 spiro atoms. The van der Waals surface area contributed by atoms with Crippen molar-refractivity contribution in [1.82, 2.24) is 0 Å². The predicted octanol–water partition coefficient (Wildman–Crippen LogP) is 7.59. The lowest BCUT2D eigenvalue weighted by atomic mass is 9.78. The van der Waals surface area contributed by atoms with Crippen LogP contribution in [0.2, 0.25) is 0 Å². The van der Waals surface area contributed by atoms with E-state index in [0.717, 1.165) is 11.5 Å². The second kappa shape index (κ2) is 6.22. The Hall–Kier alpha value is -3.58. The highest BCUT2D eigenvalue weighted by atomic mass is 16.5. The number of hydrogen-bond acceptors (Lipinski definition) is 1. The minimum Gasteiger partial charge on any atom is -0.457 e. The third kappa shape index (κ3) is 2.48. The molecule has 1 aliphatic rings. The molecule has 0 amide bonds. The summed E-state index contributed by atoms with van der Waals surface area (Å²) in [5.74, 6) is 2.04. The monoisotopic (exact) mass is 372 g/mol. The summed E-state index contributed by atoms with van der Waals surface area (Å²) in [6, 6.07) is 34.7. The molecule has 0 aromatic heterocycles. The zero-order valence-corrected chi connectivity index (χ0v) is 16.2. The van der Waals surface area contributed by atoms with E-state index in [1.807, 2.05) is 0 Å². The molecule has 138 valence electrons. The molecule has 0 saturated heterocycles. The summed E-state index contributed by atoms with van der Waals surface area (Å²) in [5.41, 5.74) is 5.11. The van der Waals surface area contributed by atoms with Crippen molar-refractivity contribution < 1.29 is 4.74 Å². The number of rotatable bonds is 1. The van der Waals surface area contributed by atoms with E-state index in [1.165, 1.54) is 43.8 Å². The summed E-state index contributed by atoms with van der Waals surface area (Å²) >= 11 is 0. The lowest BCUT2D eigenvalue weighted by molar-refractivity contribution is 0.456. The van der Waals surface area contributed by atoms with Crippen molar-refractivity contribution in [2.24, 2.45) is 0 Å². The summed E-state index contributed by atoms with van der Waals surface area (Å²) < 4.78 is 6.48. The Morgan fingerprint density at radius 2 is 1.17 bits per heavy atom. The number of ether oxygens (including phenoxy) is 1. The van der Waals surface area contributed by atoms with Crippen molar-refractivity contribution in [1.29, 1.82) is 0 Å². The third-order valence-corrected chi connectivity index (χ3v) is 6.03. The molecule has 5 aromatic rings. The van der Waals surface area contributed by atoms with Crippen LogP contribution in [0.15, 0.2) is 97.1 Å². The number of benzene rings is 5. The van der Waals surface area contributed by atoms with E-state index in [1.54, 1.807) is 0 Å². The summed E-state index contributed by atoms with van der Waals surface area (Å²) in [4.78, 5) is 0. The van der Waals surface area contributed by atoms with Crippen LogP contribution in [0, 0.1) is 6.92 Å². The van der Waals surface area contributed by atoms with Gasteiger partial charge < -0.3 is 4.74 Å². The Bertz CT molecular complexity index is 1310. The highest BCUT2D eigenvalue weighted by Crippen LogP contribution is 2.52. The van der Waals surface area contributed by atoms with Crippen molar-refractivity contribution in [2.75, 3.05) is 0 Å². The molecule has 1 nitrogen and oxygen atoms in total. The maximum absolute atomic E-state index is 6.48. The minimum absolute atomic E-state index is 0.130. The fourth-order valence-corrected chi connectivity index (χ4v) is 4.77. The summed E-state index contributed by atoms with van der Waals surface area (Å²) in [5, 5.41) is 5.01. The first-order chi connectivity index (χ1) is 14.3. The van der Waals surface area contributed by atoms with E-state index in [-0.39, 0.29) is 5.92 Å². The van der Waals surface area contributed by atoms with Gasteiger partial charge in [-0.25, -0.2) is 0 Å². The molecule has 0 unspecified atom stereocenters. The largest absolute Gasteiger partial charge is 0.457 e. The molecular weight excluding hydrogens is 352 g/mol. The van der Waals surface area contributed by atoms with Gasteiger partial charge in [0.25, 0.3) is 0 Å². The molecule has 5 aromatic carbocycles. The van der Waals surface area contributed by atoms with Gasteiger partial charge in [0, 0.05) is 17.0 Å². The SMILES string of the molecule is Cc1cccc(C2c3c(ccc4ccccc34)Oc3ccc4ccccc4c32)c1. The Kier molecular flexibility index (Phi) is 3.51. The van der Waals surface area contributed by atoms with Gasteiger partial charge in [0.15, 0.2) is 0 Å². The van der Waals surface area contributed by atoms with Crippen molar-refractivity contribution in [3.8, 4) is 11.5 Å². The van der Waals surface area contributed by atoms with Crippen LogP contribution in [0.4, 0.5) is 0 Å². The molecule has 0 atom stereocenters. The average Bonchev–Trinajstić information content (AvgIpc) is 2.77. The first-order valence-corrected chi connectivity index (χ1v) is 10.1. The Balaban J connectivity index is 1.76. The molecule has 1 heterocycles. The maximum atomic E-state index is 6.48. The molecule has 6 rings (SSSR count). The molecule has 0 aliphatic carbocycles. The summed E-state index contributed by atoms with van der Waals surface area (Å²) in [7, 11) is 0. The topological polar surface area (TPSA) is 9.23 Å². The van der Waals surface area contributed by atoms with Gasteiger partial charge >= 0.3 is 0 Å². The maximum Gasteiger partial charge on any atom is 0.132 e. The lowest BCUT2D eigenvalue weighted by Gasteiger charge is -2.31. The molecule has 0 radical (unpaired) electrons. The zero-order valence-electron chi connectivity index (χ0n) is 16.2. The van der Waals surface area contributed by atoms with Gasteiger partial charge in [0.2, 0.25) is 0 Å². The molecule has 1 heteroatoms. The van der Waals surface area contributed by atoms with E-state index in [2.05, 4.69) is 104 Å². The van der Waals surface area contributed by atoms with Gasteiger partial charge in [-0.1, -0.05) is 90.5 Å². The second-order valence-electron chi connectivity index (χ2n) is 7.85. The van der Waals surface area contributed by atoms with E-state index in [4.69, 9.17) is 4.74 Å². The smallest absolute Gasteiger partial charge is 0.132 e.